The third-order valence-electron chi connectivity index (χ3n) is 2.92. The van der Waals surface area contributed by atoms with Crippen LogP contribution in [0.25, 0.3) is 0 Å². The Labute approximate surface area is 104 Å². The molecule has 17 heavy (non-hydrogen) atoms. The molecule has 1 aromatic heterocycles. The summed E-state index contributed by atoms with van der Waals surface area (Å²) in [4.78, 5) is 13.9. The quantitative estimate of drug-likeness (QED) is 0.826. The lowest BCUT2D eigenvalue weighted by Crippen LogP contribution is -2.30. The Balaban J connectivity index is 2.45. The number of nitrogen functional groups attached to an aromatic ring is 1. The number of nitrogens with zero attached hydrogens (tertiary/aromatic N) is 2. The maximum Gasteiger partial charge on any atom is 0.253 e. The van der Waals surface area contributed by atoms with Crippen LogP contribution >= 0.6 is 11.3 Å². The van der Waals surface area contributed by atoms with Gasteiger partial charge in [0.05, 0.1) is 11.3 Å². The van der Waals surface area contributed by atoms with Crippen LogP contribution in [0.2, 0.25) is 0 Å². The molecule has 1 aliphatic heterocycles. The molecule has 0 radical (unpaired) electrons. The molecule has 1 fully saturated rings. The van der Waals surface area contributed by atoms with E-state index in [0.29, 0.717) is 10.4 Å². The summed E-state index contributed by atoms with van der Waals surface area (Å²) in [6, 6.07) is 2.01. The van der Waals surface area contributed by atoms with Gasteiger partial charge in [0.1, 0.15) is 15.9 Å². The molecular formula is C11H14N4OS. The van der Waals surface area contributed by atoms with Crippen LogP contribution in [-0.4, -0.2) is 19.0 Å². The highest BCUT2D eigenvalue weighted by atomic mass is 32.1. The number of hydrogen-bond donors (Lipinski definition) is 2. The second-order valence-corrected chi connectivity index (χ2v) is 5.05. The summed E-state index contributed by atoms with van der Waals surface area (Å²) in [6.07, 6.45) is 3.39. The first-order valence-corrected chi connectivity index (χ1v) is 6.34. The second kappa shape index (κ2) is 4.63. The topological polar surface area (TPSA) is 96.1 Å². The monoisotopic (exact) mass is 250 g/mol. The van der Waals surface area contributed by atoms with Crippen LogP contribution in [0.5, 0.6) is 0 Å². The first-order valence-electron chi connectivity index (χ1n) is 5.52. The van der Waals surface area contributed by atoms with Gasteiger partial charge in [0, 0.05) is 13.1 Å². The van der Waals surface area contributed by atoms with Gasteiger partial charge in [0.2, 0.25) is 0 Å². The third-order valence-corrected chi connectivity index (χ3v) is 4.09. The molecule has 5 nitrogen and oxygen atoms in total. The van der Waals surface area contributed by atoms with Crippen LogP contribution in [0.3, 0.4) is 0 Å². The van der Waals surface area contributed by atoms with Gasteiger partial charge in [0.25, 0.3) is 5.91 Å². The van der Waals surface area contributed by atoms with Crippen molar-refractivity contribution in [1.82, 2.24) is 0 Å². The minimum atomic E-state index is -0.555. The minimum absolute atomic E-state index is 0.227. The van der Waals surface area contributed by atoms with Gasteiger partial charge >= 0.3 is 0 Å². The smallest absolute Gasteiger partial charge is 0.253 e. The second-order valence-electron chi connectivity index (χ2n) is 4.05. The van der Waals surface area contributed by atoms with Gasteiger partial charge in [-0.05, 0) is 19.3 Å². The zero-order valence-electron chi connectivity index (χ0n) is 9.40. The largest absolute Gasteiger partial charge is 0.396 e. The van der Waals surface area contributed by atoms with E-state index in [1.807, 2.05) is 6.07 Å². The third kappa shape index (κ3) is 2.06. The summed E-state index contributed by atoms with van der Waals surface area (Å²) in [5.41, 5.74) is 11.7. The first kappa shape index (κ1) is 11.7. The Hall–Kier alpha value is -1.74. The van der Waals surface area contributed by atoms with Gasteiger partial charge < -0.3 is 16.4 Å². The number of piperidine rings is 1. The molecule has 0 aromatic carbocycles. The maximum atomic E-state index is 11.4. The normalized spacial score (nSPS) is 15.6. The highest BCUT2D eigenvalue weighted by Crippen LogP contribution is 2.38. The first-order chi connectivity index (χ1) is 8.15. The number of hydrogen-bond acceptors (Lipinski definition) is 5. The molecule has 6 heteroatoms. The van der Waals surface area contributed by atoms with E-state index in [-0.39, 0.29) is 5.69 Å². The average Bonchev–Trinajstić information content (AvgIpc) is 2.67. The summed E-state index contributed by atoms with van der Waals surface area (Å²) >= 11 is 1.26. The van der Waals surface area contributed by atoms with Gasteiger partial charge in [-0.1, -0.05) is 0 Å². The Bertz CT molecular complexity index is 482. The predicted octanol–water partition coefficient (Wildman–Crippen LogP) is 1.29. The van der Waals surface area contributed by atoms with E-state index in [0.717, 1.165) is 30.9 Å². The number of thiophene rings is 1. The van der Waals surface area contributed by atoms with Crippen molar-refractivity contribution >= 4 is 27.9 Å². The van der Waals surface area contributed by atoms with Gasteiger partial charge in [0.15, 0.2) is 0 Å². The minimum Gasteiger partial charge on any atom is -0.396 e. The van der Waals surface area contributed by atoms with Gasteiger partial charge in [-0.25, -0.2) is 0 Å². The molecule has 2 heterocycles. The fourth-order valence-corrected chi connectivity index (χ4v) is 3.15. The van der Waals surface area contributed by atoms with Crippen LogP contribution in [0.15, 0.2) is 0 Å². The molecule has 90 valence electrons. The zero-order chi connectivity index (χ0) is 12.4. The lowest BCUT2D eigenvalue weighted by Gasteiger charge is -2.27. The summed E-state index contributed by atoms with van der Waals surface area (Å²) < 4.78 is 0. The molecule has 1 aliphatic rings. The molecule has 4 N–H and O–H groups in total. The lowest BCUT2D eigenvalue weighted by molar-refractivity contribution is 0.100. The van der Waals surface area contributed by atoms with Crippen molar-refractivity contribution in [3.8, 4) is 6.07 Å². The van der Waals surface area contributed by atoms with Crippen LogP contribution in [0.4, 0.5) is 10.7 Å². The van der Waals surface area contributed by atoms with E-state index in [4.69, 9.17) is 16.7 Å². The zero-order valence-corrected chi connectivity index (χ0v) is 10.2. The maximum absolute atomic E-state index is 11.4. The number of nitrogens with two attached hydrogens (primary N) is 2. The summed E-state index contributed by atoms with van der Waals surface area (Å²) in [7, 11) is 0. The highest BCUT2D eigenvalue weighted by Gasteiger charge is 2.24. The lowest BCUT2D eigenvalue weighted by atomic mass is 10.1. The molecule has 1 saturated heterocycles. The molecule has 0 saturated carbocycles. The summed E-state index contributed by atoms with van der Waals surface area (Å²) in [5, 5.41) is 9.70. The number of carbonyl (C=O) groups is 1. The van der Waals surface area contributed by atoms with Crippen molar-refractivity contribution in [2.75, 3.05) is 23.7 Å². The fourth-order valence-electron chi connectivity index (χ4n) is 2.07. The van der Waals surface area contributed by atoms with Crippen molar-refractivity contribution in [3.05, 3.63) is 10.4 Å². The summed E-state index contributed by atoms with van der Waals surface area (Å²) in [6.45, 7) is 1.79. The number of primary amides is 1. The molecule has 1 amide bonds. The molecule has 0 bridgehead atoms. The Kier molecular flexibility index (Phi) is 3.20. The van der Waals surface area contributed by atoms with E-state index < -0.39 is 5.91 Å². The van der Waals surface area contributed by atoms with Crippen LogP contribution in [0.1, 0.15) is 34.5 Å². The molecule has 0 unspecified atom stereocenters. The van der Waals surface area contributed by atoms with E-state index >= 15 is 0 Å². The molecule has 0 spiro atoms. The van der Waals surface area contributed by atoms with E-state index in [9.17, 15) is 4.79 Å². The van der Waals surface area contributed by atoms with Gasteiger partial charge in [-0.3, -0.25) is 4.79 Å². The fraction of sp³-hybridized carbons (Fsp3) is 0.455. The van der Waals surface area contributed by atoms with Crippen molar-refractivity contribution in [2.24, 2.45) is 5.73 Å². The van der Waals surface area contributed by atoms with Gasteiger partial charge in [-0.2, -0.15) is 5.26 Å². The number of nitriles is 1. The van der Waals surface area contributed by atoms with Crippen LogP contribution in [-0.2, 0) is 0 Å². The highest BCUT2D eigenvalue weighted by molar-refractivity contribution is 7.17. The SMILES string of the molecule is N#Cc1sc(N2CCCCC2)c(C(N)=O)c1N. The van der Waals surface area contributed by atoms with E-state index in [1.165, 1.54) is 17.8 Å². The molecular weight excluding hydrogens is 236 g/mol. The van der Waals surface area contributed by atoms with Crippen molar-refractivity contribution in [1.29, 1.82) is 5.26 Å². The van der Waals surface area contributed by atoms with Gasteiger partial charge in [-0.15, -0.1) is 11.3 Å². The Morgan fingerprint density at radius 3 is 2.53 bits per heavy atom. The predicted molar refractivity (Wildman–Crippen MR) is 68.0 cm³/mol. The number of carbonyl (C=O) groups excluding carboxylic acids is 1. The van der Waals surface area contributed by atoms with Crippen molar-refractivity contribution in [2.45, 2.75) is 19.3 Å². The summed E-state index contributed by atoms with van der Waals surface area (Å²) in [5.74, 6) is -0.555. The van der Waals surface area contributed by atoms with E-state index in [1.54, 1.807) is 0 Å². The standard InChI is InChI=1S/C11H14N4OS/c12-6-7-9(13)8(10(14)16)11(17-7)15-4-2-1-3-5-15/h1-5,13H2,(H2,14,16). The number of amides is 1. The van der Waals surface area contributed by atoms with Crippen molar-refractivity contribution < 1.29 is 4.79 Å². The van der Waals surface area contributed by atoms with Crippen molar-refractivity contribution in [3.63, 3.8) is 0 Å². The molecule has 0 atom stereocenters. The Morgan fingerprint density at radius 1 is 1.35 bits per heavy atom. The average molecular weight is 250 g/mol. The molecule has 1 aromatic rings. The number of rotatable bonds is 2. The molecule has 2 rings (SSSR count). The number of anilines is 2. The molecule has 0 aliphatic carbocycles. The van der Waals surface area contributed by atoms with Crippen LogP contribution in [0, 0.1) is 11.3 Å². The van der Waals surface area contributed by atoms with E-state index in [2.05, 4.69) is 4.90 Å². The Morgan fingerprint density at radius 2 is 2.00 bits per heavy atom. The van der Waals surface area contributed by atoms with Crippen LogP contribution < -0.4 is 16.4 Å².